The lowest BCUT2D eigenvalue weighted by Crippen LogP contribution is -2.41. The molecule has 0 saturated carbocycles. The van der Waals surface area contributed by atoms with Crippen LogP contribution in [0.1, 0.15) is 30.1 Å². The number of carbonyl (C=O) groups excluding carboxylic acids is 2. The maximum absolute atomic E-state index is 12.6. The Labute approximate surface area is 126 Å². The number of rotatable bonds is 3. The van der Waals surface area contributed by atoms with E-state index in [-0.39, 0.29) is 11.9 Å². The molecule has 0 aliphatic carbocycles. The summed E-state index contributed by atoms with van der Waals surface area (Å²) in [5.74, 6) is -0.564. The van der Waals surface area contributed by atoms with Crippen LogP contribution in [0.5, 0.6) is 0 Å². The van der Waals surface area contributed by atoms with Crippen LogP contribution in [-0.4, -0.2) is 36.0 Å². The van der Waals surface area contributed by atoms with Crippen molar-refractivity contribution in [1.29, 1.82) is 0 Å². The molecule has 0 aromatic heterocycles. The summed E-state index contributed by atoms with van der Waals surface area (Å²) in [6, 6.07) is 4.63. The first kappa shape index (κ1) is 14.8. The number of esters is 1. The van der Waals surface area contributed by atoms with Crippen molar-refractivity contribution in [2.24, 2.45) is 0 Å². The number of nitrogen functional groups attached to an aromatic ring is 1. The number of hydrogen-bond donors (Lipinski definition) is 1. The molecular formula is C14H17BrN2O3. The standard InChI is InChI=1S/C14H17BrN2O3/c1-2-20-14(19)12-4-3-7-17(12)13(18)10-8-9(15)5-6-11(10)16/h5-6,8,12H,2-4,7,16H2,1H3. The molecule has 20 heavy (non-hydrogen) atoms. The topological polar surface area (TPSA) is 72.6 Å². The molecule has 2 N–H and O–H groups in total. The van der Waals surface area contributed by atoms with Crippen LogP contribution in [0.25, 0.3) is 0 Å². The van der Waals surface area contributed by atoms with Crippen LogP contribution in [0.2, 0.25) is 0 Å². The van der Waals surface area contributed by atoms with Gasteiger partial charge in [0.25, 0.3) is 5.91 Å². The maximum Gasteiger partial charge on any atom is 0.328 e. The molecule has 108 valence electrons. The van der Waals surface area contributed by atoms with Gasteiger partial charge in [-0.15, -0.1) is 0 Å². The van der Waals surface area contributed by atoms with Crippen molar-refractivity contribution in [2.75, 3.05) is 18.9 Å². The van der Waals surface area contributed by atoms with Crippen molar-refractivity contribution in [2.45, 2.75) is 25.8 Å². The Kier molecular flexibility index (Phi) is 4.65. The fourth-order valence-electron chi connectivity index (χ4n) is 2.36. The molecule has 1 amide bonds. The SMILES string of the molecule is CCOC(=O)C1CCCN1C(=O)c1cc(Br)ccc1N. The minimum absolute atomic E-state index is 0.223. The van der Waals surface area contributed by atoms with Gasteiger partial charge in [0.1, 0.15) is 6.04 Å². The highest BCUT2D eigenvalue weighted by Gasteiger charge is 2.36. The molecule has 6 heteroatoms. The number of likely N-dealkylation sites (tertiary alicyclic amines) is 1. The van der Waals surface area contributed by atoms with Crippen molar-refractivity contribution in [3.05, 3.63) is 28.2 Å². The minimum atomic E-state index is -0.499. The molecule has 1 fully saturated rings. The van der Waals surface area contributed by atoms with Gasteiger partial charge in [-0.25, -0.2) is 4.79 Å². The van der Waals surface area contributed by atoms with Crippen LogP contribution in [0.3, 0.4) is 0 Å². The first-order chi connectivity index (χ1) is 9.54. The van der Waals surface area contributed by atoms with Crippen molar-refractivity contribution in [1.82, 2.24) is 4.90 Å². The van der Waals surface area contributed by atoms with Gasteiger partial charge in [0.05, 0.1) is 12.2 Å². The molecule has 0 spiro atoms. The number of hydrogen-bond acceptors (Lipinski definition) is 4. The lowest BCUT2D eigenvalue weighted by molar-refractivity contribution is -0.147. The quantitative estimate of drug-likeness (QED) is 0.676. The summed E-state index contributed by atoms with van der Waals surface area (Å²) in [5.41, 5.74) is 6.68. The van der Waals surface area contributed by atoms with Gasteiger partial charge in [-0.05, 0) is 38.0 Å². The molecule has 1 aliphatic rings. The Bertz CT molecular complexity index is 533. The van der Waals surface area contributed by atoms with Crippen LogP contribution in [0, 0.1) is 0 Å². The highest BCUT2D eigenvalue weighted by atomic mass is 79.9. The van der Waals surface area contributed by atoms with Gasteiger partial charge >= 0.3 is 5.97 Å². The second kappa shape index (κ2) is 6.26. The number of nitrogens with two attached hydrogens (primary N) is 1. The highest BCUT2D eigenvalue weighted by Crippen LogP contribution is 2.25. The Morgan fingerprint density at radius 1 is 1.50 bits per heavy atom. The number of carbonyl (C=O) groups is 2. The van der Waals surface area contributed by atoms with E-state index in [9.17, 15) is 9.59 Å². The van der Waals surface area contributed by atoms with Crippen molar-refractivity contribution in [3.63, 3.8) is 0 Å². The van der Waals surface area contributed by atoms with Gasteiger partial charge in [0, 0.05) is 16.7 Å². The maximum atomic E-state index is 12.6. The van der Waals surface area contributed by atoms with E-state index in [1.165, 1.54) is 0 Å². The van der Waals surface area contributed by atoms with Crippen LogP contribution in [-0.2, 0) is 9.53 Å². The largest absolute Gasteiger partial charge is 0.464 e. The van der Waals surface area contributed by atoms with E-state index in [4.69, 9.17) is 10.5 Å². The molecule has 1 aromatic carbocycles. The average molecular weight is 341 g/mol. The third kappa shape index (κ3) is 2.95. The third-order valence-corrected chi connectivity index (χ3v) is 3.81. The molecule has 1 heterocycles. The molecule has 1 atom stereocenters. The van der Waals surface area contributed by atoms with Crippen molar-refractivity contribution >= 4 is 33.5 Å². The van der Waals surface area contributed by atoms with E-state index in [1.807, 2.05) is 0 Å². The zero-order chi connectivity index (χ0) is 14.7. The summed E-state index contributed by atoms with van der Waals surface area (Å²) in [5, 5.41) is 0. The summed E-state index contributed by atoms with van der Waals surface area (Å²) in [6.45, 7) is 2.62. The second-order valence-electron chi connectivity index (χ2n) is 4.64. The van der Waals surface area contributed by atoms with Crippen molar-refractivity contribution < 1.29 is 14.3 Å². The first-order valence-corrected chi connectivity index (χ1v) is 7.36. The van der Waals surface area contributed by atoms with E-state index in [0.717, 1.165) is 10.9 Å². The summed E-state index contributed by atoms with van der Waals surface area (Å²) >= 11 is 3.32. The average Bonchev–Trinajstić information content (AvgIpc) is 2.90. The second-order valence-corrected chi connectivity index (χ2v) is 5.56. The van der Waals surface area contributed by atoms with E-state index >= 15 is 0 Å². The molecule has 1 unspecified atom stereocenters. The monoisotopic (exact) mass is 340 g/mol. The predicted octanol–water partition coefficient (Wildman–Crippen LogP) is 2.20. The zero-order valence-electron chi connectivity index (χ0n) is 11.3. The predicted molar refractivity (Wildman–Crippen MR) is 79.2 cm³/mol. The van der Waals surface area contributed by atoms with E-state index < -0.39 is 6.04 Å². The molecule has 1 aliphatic heterocycles. The Balaban J connectivity index is 2.23. The number of anilines is 1. The number of nitrogens with zero attached hydrogens (tertiary/aromatic N) is 1. The number of benzene rings is 1. The molecule has 1 saturated heterocycles. The highest BCUT2D eigenvalue weighted by molar-refractivity contribution is 9.10. The summed E-state index contributed by atoms with van der Waals surface area (Å²) in [4.78, 5) is 26.0. The zero-order valence-corrected chi connectivity index (χ0v) is 12.9. The summed E-state index contributed by atoms with van der Waals surface area (Å²) in [7, 11) is 0. The van der Waals surface area contributed by atoms with Crippen molar-refractivity contribution in [3.8, 4) is 0 Å². The number of ether oxygens (including phenoxy) is 1. The summed E-state index contributed by atoms with van der Waals surface area (Å²) in [6.07, 6.45) is 1.43. The molecular weight excluding hydrogens is 324 g/mol. The van der Waals surface area contributed by atoms with Gasteiger partial charge in [-0.3, -0.25) is 4.79 Å². The lowest BCUT2D eigenvalue weighted by Gasteiger charge is -2.23. The first-order valence-electron chi connectivity index (χ1n) is 6.57. The minimum Gasteiger partial charge on any atom is -0.464 e. The molecule has 5 nitrogen and oxygen atoms in total. The molecule has 0 bridgehead atoms. The molecule has 0 radical (unpaired) electrons. The number of amides is 1. The Morgan fingerprint density at radius 3 is 2.95 bits per heavy atom. The number of halogens is 1. The normalized spacial score (nSPS) is 18.1. The fraction of sp³-hybridized carbons (Fsp3) is 0.429. The van der Waals surface area contributed by atoms with Crippen LogP contribution in [0.15, 0.2) is 22.7 Å². The van der Waals surface area contributed by atoms with Gasteiger partial charge in [-0.1, -0.05) is 15.9 Å². The Hall–Kier alpha value is -1.56. The fourth-order valence-corrected chi connectivity index (χ4v) is 2.72. The summed E-state index contributed by atoms with van der Waals surface area (Å²) < 4.78 is 5.80. The molecule has 1 aromatic rings. The van der Waals surface area contributed by atoms with Gasteiger partial charge in [-0.2, -0.15) is 0 Å². The smallest absolute Gasteiger partial charge is 0.328 e. The van der Waals surface area contributed by atoms with E-state index in [2.05, 4.69) is 15.9 Å². The van der Waals surface area contributed by atoms with Crippen LogP contribution < -0.4 is 5.73 Å². The lowest BCUT2D eigenvalue weighted by atomic mass is 10.1. The third-order valence-electron chi connectivity index (χ3n) is 3.32. The van der Waals surface area contributed by atoms with Gasteiger partial charge < -0.3 is 15.4 Å². The van der Waals surface area contributed by atoms with Gasteiger partial charge in [0.15, 0.2) is 0 Å². The van der Waals surface area contributed by atoms with Gasteiger partial charge in [0.2, 0.25) is 0 Å². The van der Waals surface area contributed by atoms with Crippen LogP contribution >= 0.6 is 15.9 Å². The van der Waals surface area contributed by atoms with E-state index in [0.29, 0.717) is 30.8 Å². The molecule has 2 rings (SSSR count). The van der Waals surface area contributed by atoms with Crippen LogP contribution in [0.4, 0.5) is 5.69 Å². The Morgan fingerprint density at radius 2 is 2.25 bits per heavy atom. The van der Waals surface area contributed by atoms with E-state index in [1.54, 1.807) is 30.0 Å².